The minimum atomic E-state index is -4.49. The lowest BCUT2D eigenvalue weighted by molar-refractivity contribution is -0.137. The number of carbonyl (C=O) groups is 1. The smallest absolute Gasteiger partial charge is 0.392 e. The van der Waals surface area contributed by atoms with Gasteiger partial charge < -0.3 is 16.2 Å². The molecule has 1 amide bonds. The predicted octanol–water partition coefficient (Wildman–Crippen LogP) is 1.14. The van der Waals surface area contributed by atoms with E-state index in [1.807, 2.05) is 0 Å². The summed E-state index contributed by atoms with van der Waals surface area (Å²) in [4.78, 5) is 11.6. The van der Waals surface area contributed by atoms with Crippen molar-refractivity contribution >= 4 is 5.91 Å². The summed E-state index contributed by atoms with van der Waals surface area (Å²) in [6.07, 6.45) is -5.31. The number of aliphatic hydroxyl groups excluding tert-OH is 1. The second-order valence-electron chi connectivity index (χ2n) is 4.19. The van der Waals surface area contributed by atoms with Gasteiger partial charge in [0.25, 0.3) is 5.91 Å². The second-order valence-corrected chi connectivity index (χ2v) is 4.19. The molecule has 0 spiro atoms. The summed E-state index contributed by atoms with van der Waals surface area (Å²) in [5.74, 6) is -0.665. The molecule has 0 saturated carbocycles. The highest BCUT2D eigenvalue weighted by atomic mass is 19.4. The lowest BCUT2D eigenvalue weighted by Crippen LogP contribution is -2.43. The van der Waals surface area contributed by atoms with Crippen molar-refractivity contribution in [2.75, 3.05) is 6.54 Å². The Labute approximate surface area is 108 Å². The molecule has 19 heavy (non-hydrogen) atoms. The highest BCUT2D eigenvalue weighted by molar-refractivity contribution is 5.94. The molecule has 1 aromatic carbocycles. The zero-order valence-electron chi connectivity index (χ0n) is 10.2. The number of rotatable bonds is 4. The van der Waals surface area contributed by atoms with E-state index in [4.69, 9.17) is 10.8 Å². The van der Waals surface area contributed by atoms with Crippen molar-refractivity contribution < 1.29 is 23.1 Å². The van der Waals surface area contributed by atoms with Crippen LogP contribution in [0.5, 0.6) is 0 Å². The Balaban J connectivity index is 2.73. The van der Waals surface area contributed by atoms with Gasteiger partial charge in [-0.05, 0) is 25.1 Å². The van der Waals surface area contributed by atoms with Gasteiger partial charge in [-0.3, -0.25) is 4.79 Å². The van der Waals surface area contributed by atoms with Crippen molar-refractivity contribution in [3.63, 3.8) is 0 Å². The van der Waals surface area contributed by atoms with Crippen LogP contribution in [0.25, 0.3) is 0 Å². The molecule has 0 aromatic heterocycles. The molecule has 0 heterocycles. The Hall–Kier alpha value is -1.60. The van der Waals surface area contributed by atoms with Crippen molar-refractivity contribution in [1.29, 1.82) is 0 Å². The number of alkyl halides is 3. The Kier molecular flexibility index (Phi) is 4.90. The summed E-state index contributed by atoms with van der Waals surface area (Å²) in [7, 11) is 0. The Morgan fingerprint density at radius 1 is 1.47 bits per heavy atom. The van der Waals surface area contributed by atoms with Gasteiger partial charge in [-0.25, -0.2) is 0 Å². The van der Waals surface area contributed by atoms with E-state index in [2.05, 4.69) is 5.32 Å². The molecule has 106 valence electrons. The summed E-state index contributed by atoms with van der Waals surface area (Å²) >= 11 is 0. The predicted molar refractivity (Wildman–Crippen MR) is 63.4 cm³/mol. The normalized spacial score (nSPS) is 14.8. The molecule has 0 saturated heterocycles. The fraction of sp³-hybridized carbons (Fsp3) is 0.417. The summed E-state index contributed by atoms with van der Waals surface area (Å²) in [6, 6.07) is 3.42. The summed E-state index contributed by atoms with van der Waals surface area (Å²) in [6.45, 7) is 1.44. The molecule has 0 aliphatic heterocycles. The first kappa shape index (κ1) is 15.5. The fourth-order valence-electron chi connectivity index (χ4n) is 1.32. The van der Waals surface area contributed by atoms with Crippen LogP contribution in [0.1, 0.15) is 22.8 Å². The molecule has 4 N–H and O–H groups in total. The van der Waals surface area contributed by atoms with Crippen LogP contribution in [0, 0.1) is 0 Å². The Morgan fingerprint density at radius 3 is 2.63 bits per heavy atom. The molecule has 0 radical (unpaired) electrons. The third-order valence-electron chi connectivity index (χ3n) is 2.57. The maximum atomic E-state index is 12.5. The van der Waals surface area contributed by atoms with Gasteiger partial charge in [0.05, 0.1) is 11.7 Å². The van der Waals surface area contributed by atoms with Crippen molar-refractivity contribution in [2.24, 2.45) is 5.73 Å². The van der Waals surface area contributed by atoms with E-state index in [0.717, 1.165) is 18.2 Å². The van der Waals surface area contributed by atoms with Crippen LogP contribution in [0.15, 0.2) is 24.3 Å². The van der Waals surface area contributed by atoms with E-state index in [1.54, 1.807) is 0 Å². The van der Waals surface area contributed by atoms with Crippen LogP contribution >= 0.6 is 0 Å². The molecular weight excluding hydrogens is 261 g/mol. The van der Waals surface area contributed by atoms with Crippen LogP contribution in [-0.4, -0.2) is 29.7 Å². The number of nitrogens with one attached hydrogen (secondary N) is 1. The lowest BCUT2D eigenvalue weighted by Gasteiger charge is -2.15. The number of nitrogens with two attached hydrogens (primary N) is 1. The summed E-state index contributed by atoms with van der Waals surface area (Å²) in [5.41, 5.74) is 4.50. The number of aliphatic hydroxyl groups is 1. The van der Waals surface area contributed by atoms with Gasteiger partial charge in [-0.2, -0.15) is 13.2 Å². The number of amides is 1. The molecule has 2 unspecified atom stereocenters. The van der Waals surface area contributed by atoms with Gasteiger partial charge in [0.2, 0.25) is 0 Å². The quantitative estimate of drug-likeness (QED) is 0.772. The van der Waals surface area contributed by atoms with E-state index in [9.17, 15) is 18.0 Å². The van der Waals surface area contributed by atoms with Crippen LogP contribution in [0.3, 0.4) is 0 Å². The van der Waals surface area contributed by atoms with Gasteiger partial charge in [0.15, 0.2) is 0 Å². The number of benzene rings is 1. The lowest BCUT2D eigenvalue weighted by atomic mass is 10.1. The molecule has 0 bridgehead atoms. The van der Waals surface area contributed by atoms with E-state index < -0.39 is 29.8 Å². The molecule has 0 aliphatic carbocycles. The first-order valence-corrected chi connectivity index (χ1v) is 5.61. The Morgan fingerprint density at radius 2 is 2.11 bits per heavy atom. The summed E-state index contributed by atoms with van der Waals surface area (Å²) in [5, 5.41) is 11.5. The highest BCUT2D eigenvalue weighted by Crippen LogP contribution is 2.29. The largest absolute Gasteiger partial charge is 0.416 e. The second kappa shape index (κ2) is 6.03. The first-order chi connectivity index (χ1) is 8.71. The zero-order valence-corrected chi connectivity index (χ0v) is 10.2. The third kappa shape index (κ3) is 4.53. The van der Waals surface area contributed by atoms with E-state index >= 15 is 0 Å². The topological polar surface area (TPSA) is 75.3 Å². The number of halogens is 3. The Bertz CT molecular complexity index is 447. The molecule has 1 rings (SSSR count). The van der Waals surface area contributed by atoms with Crippen LogP contribution < -0.4 is 11.1 Å². The maximum absolute atomic E-state index is 12.5. The monoisotopic (exact) mass is 276 g/mol. The highest BCUT2D eigenvalue weighted by Gasteiger charge is 2.30. The summed E-state index contributed by atoms with van der Waals surface area (Å²) < 4.78 is 37.4. The van der Waals surface area contributed by atoms with E-state index in [1.165, 1.54) is 13.0 Å². The minimum absolute atomic E-state index is 0.0211. The minimum Gasteiger partial charge on any atom is -0.392 e. The SMILES string of the molecule is CC(O)C(N)CNC(=O)c1cccc(C(F)(F)F)c1. The van der Waals surface area contributed by atoms with Crippen LogP contribution in [0.4, 0.5) is 13.2 Å². The third-order valence-corrected chi connectivity index (χ3v) is 2.57. The van der Waals surface area contributed by atoms with Gasteiger partial charge in [0, 0.05) is 18.2 Å². The molecule has 1 aromatic rings. The molecule has 4 nitrogen and oxygen atoms in total. The van der Waals surface area contributed by atoms with Crippen LogP contribution in [-0.2, 0) is 6.18 Å². The number of hydrogen-bond donors (Lipinski definition) is 3. The molecule has 0 fully saturated rings. The van der Waals surface area contributed by atoms with Crippen molar-refractivity contribution in [1.82, 2.24) is 5.32 Å². The van der Waals surface area contributed by atoms with Gasteiger partial charge in [-0.1, -0.05) is 6.07 Å². The van der Waals surface area contributed by atoms with Gasteiger partial charge >= 0.3 is 6.18 Å². The van der Waals surface area contributed by atoms with Crippen LogP contribution in [0.2, 0.25) is 0 Å². The van der Waals surface area contributed by atoms with Crippen molar-refractivity contribution in [2.45, 2.75) is 25.2 Å². The van der Waals surface area contributed by atoms with Crippen molar-refractivity contribution in [3.8, 4) is 0 Å². The van der Waals surface area contributed by atoms with Gasteiger partial charge in [-0.15, -0.1) is 0 Å². The van der Waals surface area contributed by atoms with E-state index in [0.29, 0.717) is 0 Å². The maximum Gasteiger partial charge on any atom is 0.416 e. The molecule has 7 heteroatoms. The fourth-order valence-corrected chi connectivity index (χ4v) is 1.32. The molecular formula is C12H15F3N2O2. The standard InChI is InChI=1S/C12H15F3N2O2/c1-7(18)10(16)6-17-11(19)8-3-2-4-9(5-8)12(13,14)15/h2-5,7,10,18H,6,16H2,1H3,(H,17,19). The number of carbonyl (C=O) groups excluding carboxylic acids is 1. The number of hydrogen-bond acceptors (Lipinski definition) is 3. The van der Waals surface area contributed by atoms with E-state index in [-0.39, 0.29) is 12.1 Å². The average Bonchev–Trinajstić information content (AvgIpc) is 2.34. The molecule has 0 aliphatic rings. The van der Waals surface area contributed by atoms with Crippen molar-refractivity contribution in [3.05, 3.63) is 35.4 Å². The van der Waals surface area contributed by atoms with Gasteiger partial charge in [0.1, 0.15) is 0 Å². The zero-order chi connectivity index (χ0) is 14.6. The average molecular weight is 276 g/mol. The molecule has 2 atom stereocenters. The first-order valence-electron chi connectivity index (χ1n) is 5.61.